The van der Waals surface area contributed by atoms with Gasteiger partial charge in [0.1, 0.15) is 11.6 Å². The summed E-state index contributed by atoms with van der Waals surface area (Å²) in [6, 6.07) is 9.51. The van der Waals surface area contributed by atoms with Gasteiger partial charge < -0.3 is 8.98 Å². The molecule has 0 saturated carbocycles. The summed E-state index contributed by atoms with van der Waals surface area (Å²) in [6.45, 7) is 0.635. The Kier molecular flexibility index (Phi) is 3.49. The Bertz CT molecular complexity index is 689. The highest BCUT2D eigenvalue weighted by molar-refractivity contribution is 6.31. The molecule has 0 unspecified atom stereocenters. The Balaban J connectivity index is 2.12. The lowest BCUT2D eigenvalue weighted by Gasteiger charge is -2.06. The number of aromatic nitrogens is 2. The Hall–Kier alpha value is -1.45. The van der Waals surface area contributed by atoms with Crippen LogP contribution < -0.4 is 0 Å². The summed E-state index contributed by atoms with van der Waals surface area (Å²) in [5.74, 6) is 2.37. The third kappa shape index (κ3) is 2.48. The van der Waals surface area contributed by atoms with E-state index in [2.05, 4.69) is 9.55 Å². The van der Waals surface area contributed by atoms with Gasteiger partial charge in [-0.2, -0.15) is 0 Å². The molecule has 0 bridgehead atoms. The van der Waals surface area contributed by atoms with Gasteiger partial charge in [-0.1, -0.05) is 11.6 Å². The van der Waals surface area contributed by atoms with Crippen molar-refractivity contribution in [3.63, 3.8) is 0 Å². The van der Waals surface area contributed by atoms with Gasteiger partial charge in [-0.25, -0.2) is 4.98 Å². The molecule has 0 atom stereocenters. The number of rotatable bonds is 4. The van der Waals surface area contributed by atoms with E-state index < -0.39 is 0 Å². The number of alkyl halides is 1. The van der Waals surface area contributed by atoms with Crippen LogP contribution in [-0.2, 0) is 13.0 Å². The van der Waals surface area contributed by atoms with Crippen molar-refractivity contribution in [3.05, 3.63) is 53.2 Å². The van der Waals surface area contributed by atoms with Crippen LogP contribution in [0.3, 0.4) is 0 Å². The monoisotopic (exact) mass is 294 g/mol. The minimum atomic E-state index is 0.537. The average Bonchev–Trinajstić information content (AvgIpc) is 3.00. The van der Waals surface area contributed by atoms with Crippen LogP contribution in [0.25, 0.3) is 11.0 Å². The summed E-state index contributed by atoms with van der Waals surface area (Å²) in [4.78, 5) is 4.60. The molecule has 0 spiro atoms. The van der Waals surface area contributed by atoms with Crippen molar-refractivity contribution in [1.29, 1.82) is 0 Å². The van der Waals surface area contributed by atoms with E-state index in [1.807, 2.05) is 30.3 Å². The molecule has 0 radical (unpaired) electrons. The summed E-state index contributed by atoms with van der Waals surface area (Å²) in [5, 5.41) is 0.700. The summed E-state index contributed by atoms with van der Waals surface area (Å²) in [7, 11) is 0. The predicted octanol–water partition coefficient (Wildman–Crippen LogP) is 4.11. The van der Waals surface area contributed by atoms with Gasteiger partial charge >= 0.3 is 0 Å². The number of hydrogen-bond acceptors (Lipinski definition) is 2. The maximum atomic E-state index is 6.07. The lowest BCUT2D eigenvalue weighted by atomic mass is 10.3. The maximum Gasteiger partial charge on any atom is 0.123 e. The molecule has 0 amide bonds. The second kappa shape index (κ2) is 5.27. The third-order valence-electron chi connectivity index (χ3n) is 3.00. The normalized spacial score (nSPS) is 11.3. The molecule has 2 aromatic heterocycles. The average molecular weight is 295 g/mol. The topological polar surface area (TPSA) is 31.0 Å². The molecule has 0 N–H and O–H groups in total. The molecular weight excluding hydrogens is 283 g/mol. The van der Waals surface area contributed by atoms with Crippen LogP contribution in [0.4, 0.5) is 0 Å². The molecule has 98 valence electrons. The third-order valence-corrected chi connectivity index (χ3v) is 3.43. The molecule has 3 aromatic rings. The van der Waals surface area contributed by atoms with Crippen molar-refractivity contribution >= 4 is 34.2 Å². The molecule has 3 nitrogen and oxygen atoms in total. The van der Waals surface area contributed by atoms with E-state index in [0.29, 0.717) is 23.9 Å². The lowest BCUT2D eigenvalue weighted by Crippen LogP contribution is -2.05. The van der Waals surface area contributed by atoms with Crippen LogP contribution in [0.5, 0.6) is 0 Å². The number of halogens is 2. The molecule has 19 heavy (non-hydrogen) atoms. The molecule has 0 aliphatic rings. The van der Waals surface area contributed by atoms with Crippen LogP contribution in [0.1, 0.15) is 11.6 Å². The summed E-state index contributed by atoms with van der Waals surface area (Å²) in [5.41, 5.74) is 1.93. The smallest absolute Gasteiger partial charge is 0.123 e. The highest BCUT2D eigenvalue weighted by Gasteiger charge is 2.12. The summed E-state index contributed by atoms with van der Waals surface area (Å²) >= 11 is 11.9. The van der Waals surface area contributed by atoms with E-state index in [4.69, 9.17) is 27.6 Å². The van der Waals surface area contributed by atoms with E-state index in [9.17, 15) is 0 Å². The predicted molar refractivity (Wildman–Crippen MR) is 77.0 cm³/mol. The zero-order valence-electron chi connectivity index (χ0n) is 10.1. The van der Waals surface area contributed by atoms with Gasteiger partial charge in [-0.15, -0.1) is 11.6 Å². The lowest BCUT2D eigenvalue weighted by molar-refractivity contribution is 0.492. The Morgan fingerprint density at radius 1 is 1.26 bits per heavy atom. The minimum absolute atomic E-state index is 0.537. The van der Waals surface area contributed by atoms with Gasteiger partial charge in [0.2, 0.25) is 0 Å². The number of hydrogen-bond donors (Lipinski definition) is 0. The number of aryl methyl sites for hydroxylation is 1. The molecule has 3 rings (SSSR count). The Morgan fingerprint density at radius 3 is 2.89 bits per heavy atom. The van der Waals surface area contributed by atoms with Crippen LogP contribution in [0.2, 0.25) is 5.02 Å². The fourth-order valence-electron chi connectivity index (χ4n) is 2.16. The van der Waals surface area contributed by atoms with E-state index >= 15 is 0 Å². The molecule has 2 heterocycles. The number of nitrogens with zero attached hydrogens (tertiary/aromatic N) is 2. The van der Waals surface area contributed by atoms with E-state index in [1.165, 1.54) is 0 Å². The largest absolute Gasteiger partial charge is 0.467 e. The minimum Gasteiger partial charge on any atom is -0.467 e. The fraction of sp³-hybridized carbons (Fsp3) is 0.214. The van der Waals surface area contributed by atoms with Crippen molar-refractivity contribution in [2.24, 2.45) is 0 Å². The number of fused-ring (bicyclic) bond motifs is 1. The zero-order valence-corrected chi connectivity index (χ0v) is 11.7. The van der Waals surface area contributed by atoms with Crippen LogP contribution in [0, 0.1) is 0 Å². The molecule has 1 aromatic carbocycles. The van der Waals surface area contributed by atoms with Crippen molar-refractivity contribution < 1.29 is 4.42 Å². The number of benzene rings is 1. The standard InChI is InChI=1S/C14H12Cl2N2O/c15-6-5-14-17-12-4-3-10(16)8-13(12)18(14)9-11-2-1-7-19-11/h1-4,7-8H,5-6,9H2. The van der Waals surface area contributed by atoms with Gasteiger partial charge in [0.05, 0.1) is 23.8 Å². The quantitative estimate of drug-likeness (QED) is 0.678. The molecule has 0 aliphatic carbocycles. The summed E-state index contributed by atoms with van der Waals surface area (Å²) in [6.07, 6.45) is 2.39. The molecule has 0 aliphatic heterocycles. The highest BCUT2D eigenvalue weighted by atomic mass is 35.5. The van der Waals surface area contributed by atoms with Crippen LogP contribution in [-0.4, -0.2) is 15.4 Å². The van der Waals surface area contributed by atoms with Gasteiger partial charge in [-0.05, 0) is 30.3 Å². The number of furan rings is 1. The summed E-state index contributed by atoms with van der Waals surface area (Å²) < 4.78 is 7.50. The van der Waals surface area contributed by atoms with Crippen molar-refractivity contribution in [3.8, 4) is 0 Å². The van der Waals surface area contributed by atoms with Crippen molar-refractivity contribution in [2.45, 2.75) is 13.0 Å². The zero-order chi connectivity index (χ0) is 13.2. The van der Waals surface area contributed by atoms with Crippen LogP contribution in [0.15, 0.2) is 41.0 Å². The Morgan fingerprint density at radius 2 is 2.16 bits per heavy atom. The van der Waals surface area contributed by atoms with Crippen molar-refractivity contribution in [1.82, 2.24) is 9.55 Å². The molecular formula is C14H12Cl2N2O. The SMILES string of the molecule is ClCCc1nc2ccc(Cl)cc2n1Cc1ccco1. The van der Waals surface area contributed by atoms with Gasteiger partial charge in [-0.3, -0.25) is 0 Å². The first-order valence-corrected chi connectivity index (χ1v) is 6.92. The molecule has 5 heteroatoms. The fourth-order valence-corrected chi connectivity index (χ4v) is 2.49. The first-order chi connectivity index (χ1) is 9.28. The number of imidazole rings is 1. The first-order valence-electron chi connectivity index (χ1n) is 6.01. The van der Waals surface area contributed by atoms with E-state index in [0.717, 1.165) is 22.6 Å². The van der Waals surface area contributed by atoms with Gasteiger partial charge in [0.25, 0.3) is 0 Å². The maximum absolute atomic E-state index is 6.07. The van der Waals surface area contributed by atoms with Crippen LogP contribution >= 0.6 is 23.2 Å². The van der Waals surface area contributed by atoms with E-state index in [-0.39, 0.29) is 0 Å². The second-order valence-electron chi connectivity index (χ2n) is 4.27. The first kappa shape index (κ1) is 12.6. The molecule has 0 saturated heterocycles. The van der Waals surface area contributed by atoms with Gasteiger partial charge in [0, 0.05) is 17.3 Å². The highest BCUT2D eigenvalue weighted by Crippen LogP contribution is 2.22. The van der Waals surface area contributed by atoms with E-state index in [1.54, 1.807) is 6.26 Å². The Labute approximate surface area is 120 Å². The second-order valence-corrected chi connectivity index (χ2v) is 5.08. The van der Waals surface area contributed by atoms with Gasteiger partial charge in [0.15, 0.2) is 0 Å². The molecule has 0 fully saturated rings. The van der Waals surface area contributed by atoms with Crippen molar-refractivity contribution in [2.75, 3.05) is 5.88 Å².